The third-order valence-electron chi connectivity index (χ3n) is 5.68. The van der Waals surface area contributed by atoms with Crippen molar-refractivity contribution < 1.29 is 0 Å². The minimum absolute atomic E-state index is 0.493. The van der Waals surface area contributed by atoms with Gasteiger partial charge in [-0.2, -0.15) is 11.8 Å². The molecule has 110 valence electrons. The van der Waals surface area contributed by atoms with Crippen molar-refractivity contribution in [1.82, 2.24) is 10.2 Å². The Morgan fingerprint density at radius 3 is 2.47 bits per heavy atom. The summed E-state index contributed by atoms with van der Waals surface area (Å²) in [5.41, 5.74) is 0.493. The van der Waals surface area contributed by atoms with Crippen LogP contribution in [0.25, 0.3) is 0 Å². The van der Waals surface area contributed by atoms with Gasteiger partial charge in [-0.15, -0.1) is 0 Å². The second-order valence-electron chi connectivity index (χ2n) is 6.90. The maximum Gasteiger partial charge on any atom is 0.0308 e. The molecule has 3 heteroatoms. The molecule has 2 saturated carbocycles. The van der Waals surface area contributed by atoms with E-state index < -0.39 is 0 Å². The van der Waals surface area contributed by atoms with E-state index in [4.69, 9.17) is 0 Å². The van der Waals surface area contributed by atoms with E-state index >= 15 is 0 Å². The predicted octanol–water partition coefficient (Wildman–Crippen LogP) is 3.27. The van der Waals surface area contributed by atoms with Crippen LogP contribution >= 0.6 is 11.8 Å². The third-order valence-corrected chi connectivity index (χ3v) is 6.82. The Kier molecular flexibility index (Phi) is 4.76. The fourth-order valence-electron chi connectivity index (χ4n) is 4.50. The maximum absolute atomic E-state index is 3.90. The van der Waals surface area contributed by atoms with Crippen molar-refractivity contribution in [2.75, 3.05) is 25.9 Å². The first-order chi connectivity index (χ1) is 9.31. The summed E-state index contributed by atoms with van der Waals surface area (Å²) in [6.45, 7) is 3.92. The van der Waals surface area contributed by atoms with Crippen LogP contribution in [-0.2, 0) is 0 Å². The van der Waals surface area contributed by atoms with Crippen molar-refractivity contribution in [2.24, 2.45) is 0 Å². The molecule has 0 amide bonds. The minimum Gasteiger partial charge on any atom is -0.310 e. The molecular formula is C16H30N2S. The lowest BCUT2D eigenvalue weighted by atomic mass is 9.91. The van der Waals surface area contributed by atoms with Crippen LogP contribution in [0.1, 0.15) is 57.8 Å². The molecule has 1 saturated heterocycles. The lowest BCUT2D eigenvalue weighted by molar-refractivity contribution is 0.128. The predicted molar refractivity (Wildman–Crippen MR) is 85.0 cm³/mol. The molecule has 0 bridgehead atoms. The van der Waals surface area contributed by atoms with E-state index in [0.29, 0.717) is 5.54 Å². The molecule has 0 aromatic rings. The maximum atomic E-state index is 3.90. The summed E-state index contributed by atoms with van der Waals surface area (Å²) in [6.07, 6.45) is 15.2. The van der Waals surface area contributed by atoms with Crippen LogP contribution < -0.4 is 5.32 Å². The molecule has 0 aromatic carbocycles. The molecule has 1 aliphatic heterocycles. The standard InChI is InChI=1S/C16H30N2S/c1-19-15-7-5-14(6-8-15)18-12-4-11-17-16(13-18)9-2-3-10-16/h14-15,17H,2-13H2,1H3. The molecule has 0 radical (unpaired) electrons. The average Bonchev–Trinajstić information content (AvgIpc) is 2.80. The molecule has 1 spiro atoms. The second kappa shape index (κ2) is 6.36. The molecule has 3 fully saturated rings. The van der Waals surface area contributed by atoms with Gasteiger partial charge in [-0.3, -0.25) is 4.90 Å². The molecule has 2 aliphatic carbocycles. The van der Waals surface area contributed by atoms with Gasteiger partial charge in [-0.1, -0.05) is 12.8 Å². The molecule has 1 N–H and O–H groups in total. The van der Waals surface area contributed by atoms with E-state index in [2.05, 4.69) is 28.2 Å². The van der Waals surface area contributed by atoms with Crippen molar-refractivity contribution >= 4 is 11.8 Å². The summed E-state index contributed by atoms with van der Waals surface area (Å²) in [5, 5.41) is 4.85. The fourth-order valence-corrected chi connectivity index (χ4v) is 5.25. The summed E-state index contributed by atoms with van der Waals surface area (Å²) in [5.74, 6) is 0. The molecule has 0 atom stereocenters. The zero-order chi connectivity index (χ0) is 13.1. The van der Waals surface area contributed by atoms with Crippen molar-refractivity contribution in [3.05, 3.63) is 0 Å². The SMILES string of the molecule is CSC1CCC(N2CCCNC3(CCCC3)C2)CC1. The monoisotopic (exact) mass is 282 g/mol. The topological polar surface area (TPSA) is 15.3 Å². The summed E-state index contributed by atoms with van der Waals surface area (Å²) < 4.78 is 0. The molecule has 0 unspecified atom stereocenters. The summed E-state index contributed by atoms with van der Waals surface area (Å²) in [7, 11) is 0. The van der Waals surface area contributed by atoms with Crippen molar-refractivity contribution in [3.63, 3.8) is 0 Å². The quantitative estimate of drug-likeness (QED) is 0.837. The molecule has 19 heavy (non-hydrogen) atoms. The number of hydrogen-bond acceptors (Lipinski definition) is 3. The first kappa shape index (κ1) is 14.2. The van der Waals surface area contributed by atoms with E-state index in [9.17, 15) is 0 Å². The molecule has 2 nitrogen and oxygen atoms in total. The van der Waals surface area contributed by atoms with Gasteiger partial charge >= 0.3 is 0 Å². The van der Waals surface area contributed by atoms with Gasteiger partial charge in [0.15, 0.2) is 0 Å². The summed E-state index contributed by atoms with van der Waals surface area (Å²) in [4.78, 5) is 2.86. The second-order valence-corrected chi connectivity index (χ2v) is 8.04. The van der Waals surface area contributed by atoms with Crippen LogP contribution in [0.15, 0.2) is 0 Å². The fraction of sp³-hybridized carbons (Fsp3) is 1.00. The van der Waals surface area contributed by atoms with Crippen LogP contribution in [0.5, 0.6) is 0 Å². The van der Waals surface area contributed by atoms with E-state index in [1.165, 1.54) is 77.4 Å². The van der Waals surface area contributed by atoms with E-state index in [1.54, 1.807) is 0 Å². The molecular weight excluding hydrogens is 252 g/mol. The molecule has 3 aliphatic rings. The number of thioether (sulfide) groups is 1. The highest BCUT2D eigenvalue weighted by molar-refractivity contribution is 7.99. The van der Waals surface area contributed by atoms with Gasteiger partial charge in [-0.25, -0.2) is 0 Å². The largest absolute Gasteiger partial charge is 0.310 e. The van der Waals surface area contributed by atoms with Crippen molar-refractivity contribution in [1.29, 1.82) is 0 Å². The van der Waals surface area contributed by atoms with Crippen LogP contribution in [-0.4, -0.2) is 47.6 Å². The number of nitrogens with zero attached hydrogens (tertiary/aromatic N) is 1. The molecule has 1 heterocycles. The van der Waals surface area contributed by atoms with Crippen LogP contribution in [0.2, 0.25) is 0 Å². The van der Waals surface area contributed by atoms with Gasteiger partial charge in [0.2, 0.25) is 0 Å². The van der Waals surface area contributed by atoms with Gasteiger partial charge in [0.05, 0.1) is 0 Å². The first-order valence-corrected chi connectivity index (χ1v) is 9.62. The van der Waals surface area contributed by atoms with Crippen LogP contribution in [0, 0.1) is 0 Å². The van der Waals surface area contributed by atoms with E-state index in [-0.39, 0.29) is 0 Å². The van der Waals surface area contributed by atoms with E-state index in [0.717, 1.165) is 11.3 Å². The highest BCUT2D eigenvalue weighted by atomic mass is 32.2. The van der Waals surface area contributed by atoms with Crippen molar-refractivity contribution in [3.8, 4) is 0 Å². The van der Waals surface area contributed by atoms with Gasteiger partial charge in [0.25, 0.3) is 0 Å². The van der Waals surface area contributed by atoms with Gasteiger partial charge in [-0.05, 0) is 64.3 Å². The molecule has 0 aromatic heterocycles. The Labute approximate surface area is 123 Å². The smallest absolute Gasteiger partial charge is 0.0308 e. The Balaban J connectivity index is 1.60. The Bertz CT molecular complexity index is 280. The third kappa shape index (κ3) is 3.30. The Morgan fingerprint density at radius 2 is 1.79 bits per heavy atom. The molecule has 3 rings (SSSR count). The highest BCUT2D eigenvalue weighted by Crippen LogP contribution is 2.35. The summed E-state index contributed by atoms with van der Waals surface area (Å²) in [6, 6.07) is 0.890. The Hall–Kier alpha value is 0.270. The zero-order valence-corrected chi connectivity index (χ0v) is 13.3. The van der Waals surface area contributed by atoms with Crippen LogP contribution in [0.4, 0.5) is 0 Å². The highest BCUT2D eigenvalue weighted by Gasteiger charge is 2.38. The van der Waals surface area contributed by atoms with Gasteiger partial charge in [0.1, 0.15) is 0 Å². The lowest BCUT2D eigenvalue weighted by Gasteiger charge is -2.40. The van der Waals surface area contributed by atoms with Crippen LogP contribution in [0.3, 0.4) is 0 Å². The first-order valence-electron chi connectivity index (χ1n) is 8.33. The average molecular weight is 282 g/mol. The Morgan fingerprint density at radius 1 is 1.05 bits per heavy atom. The number of rotatable bonds is 2. The summed E-state index contributed by atoms with van der Waals surface area (Å²) >= 11 is 2.09. The van der Waals surface area contributed by atoms with E-state index in [1.807, 2.05) is 0 Å². The number of nitrogens with one attached hydrogen (secondary N) is 1. The zero-order valence-electron chi connectivity index (χ0n) is 12.5. The van der Waals surface area contributed by atoms with Gasteiger partial charge in [0, 0.05) is 23.4 Å². The minimum atomic E-state index is 0.493. The lowest BCUT2D eigenvalue weighted by Crippen LogP contribution is -2.52. The van der Waals surface area contributed by atoms with Crippen molar-refractivity contribution in [2.45, 2.75) is 74.6 Å². The normalized spacial score (nSPS) is 36.5. The number of hydrogen-bond donors (Lipinski definition) is 1. The van der Waals surface area contributed by atoms with Gasteiger partial charge < -0.3 is 5.32 Å².